The molecule has 18 heteroatoms. The largest absolute Gasteiger partial charge is 0.394 e. The number of aliphatic hydroxyl groups is 10. The molecule has 14 atom stereocenters. The van der Waals surface area contributed by atoms with E-state index >= 15 is 0 Å². The van der Waals surface area contributed by atoms with Crippen LogP contribution in [0.5, 0.6) is 0 Å². The topological polar surface area (TPSA) is 297 Å². The minimum Gasteiger partial charge on any atom is -0.394 e. The van der Waals surface area contributed by atoms with Crippen LogP contribution in [0.3, 0.4) is 0 Å². The number of azide groups is 1. The molecule has 0 radical (unpaired) electrons. The van der Waals surface area contributed by atoms with Crippen molar-refractivity contribution in [3.05, 3.63) is 10.4 Å². The summed E-state index contributed by atoms with van der Waals surface area (Å²) < 4.78 is 27.2. The lowest BCUT2D eigenvalue weighted by Crippen LogP contribution is -2.64. The highest BCUT2D eigenvalue weighted by atomic mass is 16.8. The van der Waals surface area contributed by atoms with Crippen LogP contribution >= 0.6 is 0 Å². The molecule has 208 valence electrons. The van der Waals surface area contributed by atoms with Crippen LogP contribution in [0.1, 0.15) is 0 Å². The zero-order valence-electron chi connectivity index (χ0n) is 18.7. The van der Waals surface area contributed by atoms with Crippen LogP contribution in [-0.2, 0) is 23.7 Å². The van der Waals surface area contributed by atoms with Gasteiger partial charge < -0.3 is 74.7 Å². The van der Waals surface area contributed by atoms with Crippen LogP contribution < -0.4 is 0 Å². The van der Waals surface area contributed by atoms with E-state index < -0.39 is 112 Å². The monoisotopic (exact) mass is 529 g/mol. The van der Waals surface area contributed by atoms with Crippen molar-refractivity contribution in [2.24, 2.45) is 5.11 Å². The summed E-state index contributed by atoms with van der Waals surface area (Å²) in [6.45, 7) is -3.23. The normalized spacial score (nSPS) is 49.6. The first kappa shape index (κ1) is 29.3. The number of ether oxygens (including phenoxy) is 5. The number of hydrogen-bond acceptors (Lipinski definition) is 16. The van der Waals surface area contributed by atoms with E-state index in [1.807, 2.05) is 0 Å². The lowest BCUT2D eigenvalue weighted by atomic mass is 9.98. The third-order valence-electron chi connectivity index (χ3n) is 6.31. The zero-order valence-corrected chi connectivity index (χ0v) is 18.7. The zero-order chi connectivity index (χ0) is 26.8. The molecule has 0 bridgehead atoms. The predicted octanol–water partition coefficient (Wildman–Crippen LogP) is -6.25. The average Bonchev–Trinajstić information content (AvgIpc) is 3.14. The molecule has 3 aliphatic rings. The van der Waals surface area contributed by atoms with Crippen molar-refractivity contribution in [1.29, 1.82) is 0 Å². The molecule has 0 spiro atoms. The number of nitrogens with zero attached hydrogens (tertiary/aromatic N) is 3. The van der Waals surface area contributed by atoms with Crippen molar-refractivity contribution in [1.82, 2.24) is 0 Å². The van der Waals surface area contributed by atoms with Gasteiger partial charge in [0.15, 0.2) is 12.6 Å². The molecule has 3 aliphatic heterocycles. The Labute approximate surface area is 203 Å². The van der Waals surface area contributed by atoms with Crippen molar-refractivity contribution < 1.29 is 74.7 Å². The SMILES string of the molecule is [N-]=[N+]=NC[C@H]1O[C@H](O[C@]2(CO)O[C@H](CO)[C@@H](O)[C@@H]2O[C@H]2O[C@H](CO)[C@@H](O)[C@H](O)[C@H]2O)[C@H](O)[C@@H](O)[C@@H]1O. The van der Waals surface area contributed by atoms with E-state index in [0.717, 1.165) is 0 Å². The Hall–Kier alpha value is -1.29. The Kier molecular flexibility index (Phi) is 9.80. The second kappa shape index (κ2) is 12.0. The van der Waals surface area contributed by atoms with Crippen molar-refractivity contribution in [3.63, 3.8) is 0 Å². The summed E-state index contributed by atoms with van der Waals surface area (Å²) in [6.07, 6.45) is -22.5. The summed E-state index contributed by atoms with van der Waals surface area (Å²) in [5, 5.41) is 104. The first-order valence-corrected chi connectivity index (χ1v) is 11.0. The van der Waals surface area contributed by atoms with E-state index in [4.69, 9.17) is 29.2 Å². The molecular weight excluding hydrogens is 498 g/mol. The Bertz CT molecular complexity index is 774. The van der Waals surface area contributed by atoms with Crippen LogP contribution in [-0.4, -0.2) is 163 Å². The highest BCUT2D eigenvalue weighted by Gasteiger charge is 2.61. The summed E-state index contributed by atoms with van der Waals surface area (Å²) in [5.74, 6) is -2.46. The van der Waals surface area contributed by atoms with Gasteiger partial charge in [-0.05, 0) is 5.53 Å². The second-order valence-corrected chi connectivity index (χ2v) is 8.60. The summed E-state index contributed by atoms with van der Waals surface area (Å²) in [6, 6.07) is 0. The molecule has 3 saturated heterocycles. The second-order valence-electron chi connectivity index (χ2n) is 8.60. The quantitative estimate of drug-likeness (QED) is 0.0754. The fraction of sp³-hybridized carbons (Fsp3) is 1.00. The Morgan fingerprint density at radius 2 is 1.28 bits per heavy atom. The average molecular weight is 529 g/mol. The van der Waals surface area contributed by atoms with Gasteiger partial charge in [-0.2, -0.15) is 0 Å². The number of aliphatic hydroxyl groups excluding tert-OH is 10. The van der Waals surface area contributed by atoms with Crippen LogP contribution in [0, 0.1) is 0 Å². The van der Waals surface area contributed by atoms with Gasteiger partial charge in [0.25, 0.3) is 0 Å². The third kappa shape index (κ3) is 5.45. The van der Waals surface area contributed by atoms with Gasteiger partial charge in [0.2, 0.25) is 5.79 Å². The molecule has 0 aromatic heterocycles. The first-order chi connectivity index (χ1) is 17.0. The molecule has 3 heterocycles. The molecule has 0 aromatic carbocycles. The lowest BCUT2D eigenvalue weighted by molar-refractivity contribution is -0.398. The standard InChI is InChI=1S/C18H31N3O15/c19-21-20-1-5-8(25)11(28)14(31)17(32-5)36-18(4-24)15(10(27)7(3-23)35-18)34-16-13(30)12(29)9(26)6(2-22)33-16/h5-17,22-31H,1-4H2/t5-,6-,7-,8-,9-,10-,11+,12+,13-,14-,15+,16-,17-,18+/m1/s1. The molecular formula is C18H31N3O15. The van der Waals surface area contributed by atoms with Gasteiger partial charge in [-0.3, -0.25) is 0 Å². The van der Waals surface area contributed by atoms with E-state index in [0.29, 0.717) is 0 Å². The molecule has 36 heavy (non-hydrogen) atoms. The highest BCUT2D eigenvalue weighted by molar-refractivity contribution is 5.01. The molecule has 0 saturated carbocycles. The maximum atomic E-state index is 10.7. The van der Waals surface area contributed by atoms with E-state index in [1.165, 1.54) is 0 Å². The highest BCUT2D eigenvalue weighted by Crippen LogP contribution is 2.39. The van der Waals surface area contributed by atoms with E-state index in [-0.39, 0.29) is 0 Å². The van der Waals surface area contributed by atoms with Crippen LogP contribution in [0.2, 0.25) is 0 Å². The first-order valence-electron chi connectivity index (χ1n) is 11.0. The Morgan fingerprint density at radius 1 is 0.722 bits per heavy atom. The number of rotatable bonds is 9. The molecule has 10 N–H and O–H groups in total. The van der Waals surface area contributed by atoms with Crippen LogP contribution in [0.4, 0.5) is 0 Å². The molecule has 0 aliphatic carbocycles. The van der Waals surface area contributed by atoms with Gasteiger partial charge in [-0.25, -0.2) is 0 Å². The summed E-state index contributed by atoms with van der Waals surface area (Å²) in [5.41, 5.74) is 8.52. The predicted molar refractivity (Wildman–Crippen MR) is 108 cm³/mol. The third-order valence-corrected chi connectivity index (χ3v) is 6.31. The molecule has 0 unspecified atom stereocenters. The van der Waals surface area contributed by atoms with E-state index in [9.17, 15) is 51.1 Å². The molecule has 3 rings (SSSR count). The summed E-state index contributed by atoms with van der Waals surface area (Å²) >= 11 is 0. The van der Waals surface area contributed by atoms with Crippen molar-refractivity contribution in [3.8, 4) is 0 Å². The Balaban J connectivity index is 1.88. The van der Waals surface area contributed by atoms with Crippen molar-refractivity contribution in [2.75, 3.05) is 26.4 Å². The van der Waals surface area contributed by atoms with Crippen LogP contribution in [0.25, 0.3) is 10.4 Å². The fourth-order valence-electron chi connectivity index (χ4n) is 4.24. The van der Waals surface area contributed by atoms with Crippen LogP contribution in [0.15, 0.2) is 5.11 Å². The lowest BCUT2D eigenvalue weighted by Gasteiger charge is -2.45. The maximum absolute atomic E-state index is 10.7. The van der Waals surface area contributed by atoms with Gasteiger partial charge in [0, 0.05) is 4.91 Å². The molecule has 3 fully saturated rings. The Morgan fingerprint density at radius 3 is 1.83 bits per heavy atom. The summed E-state index contributed by atoms with van der Waals surface area (Å²) in [4.78, 5) is 2.52. The van der Waals surface area contributed by atoms with Gasteiger partial charge in [-0.1, -0.05) is 5.11 Å². The minimum absolute atomic E-state index is 0.485. The molecule has 0 aromatic rings. The smallest absolute Gasteiger partial charge is 0.224 e. The number of hydrogen-bond donors (Lipinski definition) is 10. The minimum atomic E-state index is -2.46. The molecule has 18 nitrogen and oxygen atoms in total. The van der Waals surface area contributed by atoms with Crippen molar-refractivity contribution in [2.45, 2.75) is 85.5 Å². The van der Waals surface area contributed by atoms with Gasteiger partial charge in [0.1, 0.15) is 67.6 Å². The van der Waals surface area contributed by atoms with E-state index in [2.05, 4.69) is 10.0 Å². The van der Waals surface area contributed by atoms with E-state index in [1.54, 1.807) is 0 Å². The van der Waals surface area contributed by atoms with Gasteiger partial charge in [-0.15, -0.1) is 0 Å². The fourth-order valence-corrected chi connectivity index (χ4v) is 4.24. The van der Waals surface area contributed by atoms with Crippen molar-refractivity contribution >= 4 is 0 Å². The van der Waals surface area contributed by atoms with Gasteiger partial charge >= 0.3 is 0 Å². The maximum Gasteiger partial charge on any atom is 0.224 e. The van der Waals surface area contributed by atoms with Gasteiger partial charge in [0.05, 0.1) is 25.9 Å². The summed E-state index contributed by atoms with van der Waals surface area (Å²) in [7, 11) is 0. The molecule has 0 amide bonds.